The van der Waals surface area contributed by atoms with Crippen molar-refractivity contribution in [1.82, 2.24) is 0 Å². The van der Waals surface area contributed by atoms with Crippen LogP contribution in [0.2, 0.25) is 0 Å². The molecule has 111 valence electrons. The second kappa shape index (κ2) is 6.32. The van der Waals surface area contributed by atoms with E-state index in [1.165, 1.54) is 49.1 Å². The Labute approximate surface area is 129 Å². The van der Waals surface area contributed by atoms with Gasteiger partial charge in [0.05, 0.1) is 0 Å². The number of fused-ring (bicyclic) bond motifs is 3. The number of hydrogen-bond donors (Lipinski definition) is 0. The lowest BCUT2D eigenvalue weighted by Crippen LogP contribution is -2.23. The van der Waals surface area contributed by atoms with Gasteiger partial charge in [-0.1, -0.05) is 82.5 Å². The van der Waals surface area contributed by atoms with Crippen LogP contribution in [0.25, 0.3) is 11.1 Å². The van der Waals surface area contributed by atoms with Crippen LogP contribution in [0.5, 0.6) is 0 Å². The lowest BCUT2D eigenvalue weighted by atomic mass is 10.1. The van der Waals surface area contributed by atoms with Crippen LogP contribution < -0.4 is 10.6 Å². The standard InChI is InChI=1S/C20H26P/c1-3-5-15-21(16-6-4-2)19-13-9-7-11-17(19)18-12-8-10-14-20(18)21/h7-14H,3-6,15-16H2,1-2H3. The van der Waals surface area contributed by atoms with Crippen molar-refractivity contribution in [3.8, 4) is 11.1 Å². The molecule has 2 aromatic rings. The first-order valence-corrected chi connectivity index (χ1v) is 10.6. The maximum absolute atomic E-state index is 2.43. The SMILES string of the molecule is CCCC[P]1(CCCC)c2ccccc2-c2ccccc21. The summed E-state index contributed by atoms with van der Waals surface area (Å²) < 4.78 is 0. The van der Waals surface area contributed by atoms with Crippen molar-refractivity contribution in [2.24, 2.45) is 0 Å². The Morgan fingerprint density at radius 1 is 0.667 bits per heavy atom. The molecule has 1 radical (unpaired) electrons. The van der Waals surface area contributed by atoms with Gasteiger partial charge in [0.2, 0.25) is 0 Å². The molecule has 1 heteroatoms. The molecule has 1 heterocycles. The number of benzene rings is 2. The highest BCUT2D eigenvalue weighted by molar-refractivity contribution is 7.90. The fourth-order valence-corrected chi connectivity index (χ4v) is 8.94. The van der Waals surface area contributed by atoms with E-state index >= 15 is 0 Å². The third-order valence-electron chi connectivity index (χ3n) is 4.81. The summed E-state index contributed by atoms with van der Waals surface area (Å²) in [5.41, 5.74) is 3.04. The zero-order chi connectivity index (χ0) is 14.7. The van der Waals surface area contributed by atoms with Gasteiger partial charge in [0.15, 0.2) is 0 Å². The Morgan fingerprint density at radius 2 is 1.10 bits per heavy atom. The van der Waals surface area contributed by atoms with Crippen molar-refractivity contribution in [2.45, 2.75) is 39.5 Å². The van der Waals surface area contributed by atoms with E-state index in [4.69, 9.17) is 0 Å². The van der Waals surface area contributed by atoms with Gasteiger partial charge in [0, 0.05) is 0 Å². The third kappa shape index (κ3) is 2.44. The monoisotopic (exact) mass is 297 g/mol. The topological polar surface area (TPSA) is 0 Å². The first-order chi connectivity index (χ1) is 10.3. The van der Waals surface area contributed by atoms with E-state index in [9.17, 15) is 0 Å². The quantitative estimate of drug-likeness (QED) is 0.640. The van der Waals surface area contributed by atoms with Crippen molar-refractivity contribution < 1.29 is 0 Å². The summed E-state index contributed by atoms with van der Waals surface area (Å²) in [6.45, 7) is 4.65. The Morgan fingerprint density at radius 3 is 1.52 bits per heavy atom. The predicted molar refractivity (Wildman–Crippen MR) is 97.6 cm³/mol. The first kappa shape index (κ1) is 14.8. The molecule has 1 aliphatic rings. The summed E-state index contributed by atoms with van der Waals surface area (Å²) >= 11 is 0. The number of rotatable bonds is 6. The van der Waals surface area contributed by atoms with Crippen molar-refractivity contribution in [3.05, 3.63) is 48.5 Å². The molecule has 2 aromatic carbocycles. The highest BCUT2D eigenvalue weighted by atomic mass is 31.2. The molecule has 3 rings (SSSR count). The first-order valence-electron chi connectivity index (χ1n) is 8.40. The van der Waals surface area contributed by atoms with Crippen LogP contribution in [0, 0.1) is 0 Å². The van der Waals surface area contributed by atoms with Crippen LogP contribution in [-0.2, 0) is 0 Å². The molecule has 0 N–H and O–H groups in total. The second-order valence-corrected chi connectivity index (χ2v) is 9.95. The molecule has 0 fully saturated rings. The minimum Gasteiger partial charge on any atom is -0.0687 e. The average Bonchev–Trinajstić information content (AvgIpc) is 2.82. The minimum absolute atomic E-state index is 1.16. The van der Waals surface area contributed by atoms with E-state index < -0.39 is 7.26 Å². The van der Waals surface area contributed by atoms with Crippen LogP contribution in [-0.4, -0.2) is 12.3 Å². The summed E-state index contributed by atoms with van der Waals surface area (Å²) in [7, 11) is -1.16. The highest BCUT2D eigenvalue weighted by Crippen LogP contribution is 2.64. The third-order valence-corrected chi connectivity index (χ3v) is 9.59. The minimum atomic E-state index is -1.16. The van der Waals surface area contributed by atoms with Gasteiger partial charge in [-0.3, -0.25) is 0 Å². The van der Waals surface area contributed by atoms with Gasteiger partial charge in [0.25, 0.3) is 0 Å². The molecule has 0 amide bonds. The Kier molecular flexibility index (Phi) is 4.45. The molecule has 0 saturated carbocycles. The lowest BCUT2D eigenvalue weighted by molar-refractivity contribution is 0.867. The molecule has 0 aliphatic carbocycles. The maximum Gasteiger partial charge on any atom is -0.0101 e. The zero-order valence-corrected chi connectivity index (χ0v) is 14.2. The summed E-state index contributed by atoms with van der Waals surface area (Å²) in [4.78, 5) is 0. The molecule has 0 nitrogen and oxygen atoms in total. The van der Waals surface area contributed by atoms with Gasteiger partial charge in [0.1, 0.15) is 0 Å². The second-order valence-electron chi connectivity index (χ2n) is 6.16. The highest BCUT2D eigenvalue weighted by Gasteiger charge is 2.39. The van der Waals surface area contributed by atoms with Crippen molar-refractivity contribution in [2.75, 3.05) is 12.3 Å². The number of unbranched alkanes of at least 4 members (excludes halogenated alkanes) is 2. The van der Waals surface area contributed by atoms with Crippen LogP contribution in [0.1, 0.15) is 39.5 Å². The fraction of sp³-hybridized carbons (Fsp3) is 0.400. The predicted octanol–water partition coefficient (Wildman–Crippen LogP) is 5.24. The lowest BCUT2D eigenvalue weighted by Gasteiger charge is -2.35. The van der Waals surface area contributed by atoms with Crippen molar-refractivity contribution in [3.63, 3.8) is 0 Å². The normalized spacial score (nSPS) is 14.8. The van der Waals surface area contributed by atoms with Gasteiger partial charge in [-0.2, -0.15) is 0 Å². The Hall–Kier alpha value is -1.13. The molecule has 21 heavy (non-hydrogen) atoms. The van der Waals surface area contributed by atoms with E-state index in [0.29, 0.717) is 0 Å². The fourth-order valence-electron chi connectivity index (χ4n) is 3.73. The van der Waals surface area contributed by atoms with Gasteiger partial charge in [-0.25, -0.2) is 0 Å². The van der Waals surface area contributed by atoms with Crippen LogP contribution in [0.4, 0.5) is 0 Å². The Bertz CT molecular complexity index is 559. The Balaban J connectivity index is 2.16. The largest absolute Gasteiger partial charge is 0.0687 e. The average molecular weight is 297 g/mol. The van der Waals surface area contributed by atoms with E-state index in [2.05, 4.69) is 62.4 Å². The van der Waals surface area contributed by atoms with Crippen LogP contribution in [0.3, 0.4) is 0 Å². The molecule has 1 aliphatic heterocycles. The van der Waals surface area contributed by atoms with Gasteiger partial charge >= 0.3 is 0 Å². The molecule has 0 unspecified atom stereocenters. The zero-order valence-electron chi connectivity index (χ0n) is 13.3. The summed E-state index contributed by atoms with van der Waals surface area (Å²) in [6, 6.07) is 18.4. The van der Waals surface area contributed by atoms with Gasteiger partial charge < -0.3 is 0 Å². The van der Waals surface area contributed by atoms with E-state index in [1.807, 2.05) is 0 Å². The smallest absolute Gasteiger partial charge is 0.0101 e. The van der Waals surface area contributed by atoms with E-state index in [-0.39, 0.29) is 0 Å². The summed E-state index contributed by atoms with van der Waals surface area (Å²) in [5, 5.41) is 3.38. The number of hydrogen-bond acceptors (Lipinski definition) is 0. The van der Waals surface area contributed by atoms with Gasteiger partial charge in [-0.15, -0.1) is 0 Å². The van der Waals surface area contributed by atoms with Gasteiger partial charge in [-0.05, 0) is 46.9 Å². The molecule has 0 aromatic heterocycles. The van der Waals surface area contributed by atoms with Crippen LogP contribution in [0.15, 0.2) is 48.5 Å². The maximum atomic E-state index is 2.43. The molecular weight excluding hydrogens is 271 g/mol. The molecular formula is C20H26P. The van der Waals surface area contributed by atoms with Crippen LogP contribution >= 0.6 is 7.26 Å². The summed E-state index contributed by atoms with van der Waals surface area (Å²) in [5.74, 6) is 0. The molecule has 0 saturated heterocycles. The molecule has 0 atom stereocenters. The molecule has 0 bridgehead atoms. The van der Waals surface area contributed by atoms with E-state index in [0.717, 1.165) is 0 Å². The van der Waals surface area contributed by atoms with E-state index in [1.54, 1.807) is 10.6 Å². The molecule has 0 spiro atoms. The van der Waals surface area contributed by atoms with Crippen molar-refractivity contribution in [1.29, 1.82) is 0 Å². The van der Waals surface area contributed by atoms with Crippen molar-refractivity contribution >= 4 is 17.9 Å². The summed E-state index contributed by atoms with van der Waals surface area (Å²) in [6.07, 6.45) is 8.13.